The zero-order valence-corrected chi connectivity index (χ0v) is 14.2. The second kappa shape index (κ2) is 6.95. The van der Waals surface area contributed by atoms with Crippen LogP contribution in [0.4, 0.5) is 0 Å². The van der Waals surface area contributed by atoms with Gasteiger partial charge in [-0.05, 0) is 29.8 Å². The topological polar surface area (TPSA) is 79.5 Å². The molecule has 1 saturated heterocycles. The number of hydrogen-bond acceptors (Lipinski definition) is 5. The number of carbonyl (C=O) groups excluding carboxylic acids is 2. The fourth-order valence-electron chi connectivity index (χ4n) is 3.13. The van der Waals surface area contributed by atoms with Gasteiger partial charge in [0.25, 0.3) is 5.91 Å². The zero-order valence-electron chi connectivity index (χ0n) is 14.2. The van der Waals surface area contributed by atoms with E-state index in [2.05, 4.69) is 9.97 Å². The first-order valence-corrected chi connectivity index (χ1v) is 8.50. The van der Waals surface area contributed by atoms with Gasteiger partial charge in [0.1, 0.15) is 5.52 Å². The van der Waals surface area contributed by atoms with Crippen LogP contribution in [0.5, 0.6) is 0 Å². The largest absolute Gasteiger partial charge is 0.443 e. The van der Waals surface area contributed by atoms with Crippen LogP contribution in [0, 0.1) is 0 Å². The van der Waals surface area contributed by atoms with Crippen LogP contribution in [0.25, 0.3) is 11.1 Å². The molecule has 0 bridgehead atoms. The molecule has 3 heterocycles. The van der Waals surface area contributed by atoms with E-state index >= 15 is 0 Å². The minimum atomic E-state index is -0.0408. The summed E-state index contributed by atoms with van der Waals surface area (Å²) in [6.45, 7) is 2.13. The van der Waals surface area contributed by atoms with Crippen LogP contribution < -0.4 is 0 Å². The van der Waals surface area contributed by atoms with Crippen molar-refractivity contribution in [2.24, 2.45) is 0 Å². The molecule has 0 spiro atoms. The number of pyridine rings is 1. The molecule has 0 N–H and O–H groups in total. The average molecular weight is 350 g/mol. The Kier molecular flexibility index (Phi) is 4.35. The van der Waals surface area contributed by atoms with Crippen LogP contribution in [-0.2, 0) is 11.2 Å². The lowest BCUT2D eigenvalue weighted by molar-refractivity contribution is -0.131. The van der Waals surface area contributed by atoms with Crippen molar-refractivity contribution >= 4 is 22.9 Å². The quantitative estimate of drug-likeness (QED) is 0.719. The normalized spacial score (nSPS) is 14.6. The Morgan fingerprint density at radius 1 is 1.08 bits per heavy atom. The van der Waals surface area contributed by atoms with Crippen molar-refractivity contribution in [1.29, 1.82) is 0 Å². The molecule has 1 aromatic carbocycles. The van der Waals surface area contributed by atoms with Crippen molar-refractivity contribution in [3.05, 3.63) is 60.2 Å². The molecule has 2 amide bonds. The average Bonchev–Trinajstić information content (AvgIpc) is 3.16. The molecule has 7 nitrogen and oxygen atoms in total. The summed E-state index contributed by atoms with van der Waals surface area (Å²) >= 11 is 0. The predicted octanol–water partition coefficient (Wildman–Crippen LogP) is 1.75. The maximum atomic E-state index is 12.6. The van der Waals surface area contributed by atoms with Crippen molar-refractivity contribution < 1.29 is 14.0 Å². The molecule has 0 atom stereocenters. The van der Waals surface area contributed by atoms with Gasteiger partial charge in [-0.15, -0.1) is 0 Å². The molecule has 2 aromatic heterocycles. The van der Waals surface area contributed by atoms with Crippen LogP contribution in [0.3, 0.4) is 0 Å². The summed E-state index contributed by atoms with van der Waals surface area (Å²) in [5.41, 5.74) is 2.94. The number of rotatable bonds is 3. The second-order valence-corrected chi connectivity index (χ2v) is 6.25. The van der Waals surface area contributed by atoms with Gasteiger partial charge in [-0.25, -0.2) is 4.98 Å². The van der Waals surface area contributed by atoms with Crippen LogP contribution >= 0.6 is 0 Å². The summed E-state index contributed by atoms with van der Waals surface area (Å²) in [5, 5.41) is 0. The molecule has 4 rings (SSSR count). The van der Waals surface area contributed by atoms with Crippen LogP contribution in [0.15, 0.2) is 53.5 Å². The Morgan fingerprint density at radius 3 is 2.65 bits per heavy atom. The van der Waals surface area contributed by atoms with Crippen molar-refractivity contribution in [3.8, 4) is 0 Å². The Morgan fingerprint density at radius 2 is 1.88 bits per heavy atom. The molecule has 1 fully saturated rings. The highest BCUT2D eigenvalue weighted by Crippen LogP contribution is 2.16. The molecule has 0 saturated carbocycles. The zero-order chi connectivity index (χ0) is 17.9. The lowest BCUT2D eigenvalue weighted by Gasteiger charge is -2.34. The van der Waals surface area contributed by atoms with Crippen LogP contribution in [-0.4, -0.2) is 57.8 Å². The fourth-order valence-corrected chi connectivity index (χ4v) is 3.13. The Hall–Kier alpha value is -3.22. The van der Waals surface area contributed by atoms with Gasteiger partial charge in [-0.2, -0.15) is 0 Å². The highest BCUT2D eigenvalue weighted by molar-refractivity contribution is 5.94. The molecule has 132 valence electrons. The maximum absolute atomic E-state index is 12.6. The first kappa shape index (κ1) is 16.3. The molecule has 1 aliphatic rings. The Labute approximate surface area is 150 Å². The molecule has 3 aromatic rings. The van der Waals surface area contributed by atoms with Crippen molar-refractivity contribution in [3.63, 3.8) is 0 Å². The SMILES string of the molecule is O=C(Cc1ccc2ncoc2c1)N1CCN(C(=O)c2cccnc2)CC1. The molecule has 26 heavy (non-hydrogen) atoms. The van der Waals surface area contributed by atoms with Gasteiger partial charge in [0.2, 0.25) is 5.91 Å². The first-order valence-electron chi connectivity index (χ1n) is 8.50. The highest BCUT2D eigenvalue weighted by Gasteiger charge is 2.25. The molecule has 7 heteroatoms. The van der Waals surface area contributed by atoms with E-state index in [1.54, 1.807) is 34.3 Å². The van der Waals surface area contributed by atoms with E-state index in [4.69, 9.17) is 4.42 Å². The maximum Gasteiger partial charge on any atom is 0.255 e. The monoisotopic (exact) mass is 350 g/mol. The minimum absolute atomic E-state index is 0.0408. The van der Waals surface area contributed by atoms with Gasteiger partial charge in [0.15, 0.2) is 12.0 Å². The van der Waals surface area contributed by atoms with Gasteiger partial charge < -0.3 is 14.2 Å². The lowest BCUT2D eigenvalue weighted by Crippen LogP contribution is -2.51. The van der Waals surface area contributed by atoms with Gasteiger partial charge in [-0.1, -0.05) is 6.07 Å². The van der Waals surface area contributed by atoms with Crippen LogP contribution in [0.2, 0.25) is 0 Å². The molecule has 0 unspecified atom stereocenters. The standard InChI is InChI=1S/C19H18N4O3/c24-18(11-14-3-4-16-17(10-14)26-13-21-16)22-6-8-23(9-7-22)19(25)15-2-1-5-20-12-15/h1-5,10,12-13H,6-9,11H2. The molecule has 0 aliphatic carbocycles. The Balaban J connectivity index is 1.35. The second-order valence-electron chi connectivity index (χ2n) is 6.25. The van der Waals surface area contributed by atoms with E-state index in [1.165, 1.54) is 6.39 Å². The van der Waals surface area contributed by atoms with Gasteiger partial charge in [0.05, 0.1) is 12.0 Å². The van der Waals surface area contributed by atoms with E-state index in [0.717, 1.165) is 11.1 Å². The summed E-state index contributed by atoms with van der Waals surface area (Å²) in [4.78, 5) is 36.6. The number of piperazine rings is 1. The number of carbonyl (C=O) groups is 2. The van der Waals surface area contributed by atoms with E-state index in [9.17, 15) is 9.59 Å². The molecule has 1 aliphatic heterocycles. The number of benzene rings is 1. The summed E-state index contributed by atoms with van der Waals surface area (Å²) in [5.74, 6) is 0.0123. The fraction of sp³-hybridized carbons (Fsp3) is 0.263. The van der Waals surface area contributed by atoms with E-state index in [0.29, 0.717) is 43.7 Å². The number of nitrogens with zero attached hydrogens (tertiary/aromatic N) is 4. The third kappa shape index (κ3) is 3.28. The Bertz CT molecular complexity index is 930. The number of hydrogen-bond donors (Lipinski definition) is 0. The molecule has 0 radical (unpaired) electrons. The third-order valence-electron chi connectivity index (χ3n) is 4.58. The van der Waals surface area contributed by atoms with E-state index < -0.39 is 0 Å². The lowest BCUT2D eigenvalue weighted by atomic mass is 10.1. The number of aromatic nitrogens is 2. The van der Waals surface area contributed by atoms with Crippen molar-refractivity contribution in [1.82, 2.24) is 19.8 Å². The van der Waals surface area contributed by atoms with Gasteiger partial charge in [-0.3, -0.25) is 14.6 Å². The van der Waals surface area contributed by atoms with Crippen molar-refractivity contribution in [2.75, 3.05) is 26.2 Å². The predicted molar refractivity (Wildman–Crippen MR) is 94.4 cm³/mol. The van der Waals surface area contributed by atoms with Gasteiger partial charge >= 0.3 is 0 Å². The summed E-state index contributed by atoms with van der Waals surface area (Å²) < 4.78 is 5.28. The minimum Gasteiger partial charge on any atom is -0.443 e. The third-order valence-corrected chi connectivity index (χ3v) is 4.58. The van der Waals surface area contributed by atoms with Crippen molar-refractivity contribution in [2.45, 2.75) is 6.42 Å². The molecular weight excluding hydrogens is 332 g/mol. The molecular formula is C19H18N4O3. The summed E-state index contributed by atoms with van der Waals surface area (Å²) in [7, 11) is 0. The number of fused-ring (bicyclic) bond motifs is 1. The van der Waals surface area contributed by atoms with Gasteiger partial charge in [0, 0.05) is 38.6 Å². The highest BCUT2D eigenvalue weighted by atomic mass is 16.3. The summed E-state index contributed by atoms with van der Waals surface area (Å²) in [6, 6.07) is 9.10. The van der Waals surface area contributed by atoms with Crippen LogP contribution in [0.1, 0.15) is 15.9 Å². The van der Waals surface area contributed by atoms with E-state index in [-0.39, 0.29) is 11.8 Å². The number of amides is 2. The number of oxazole rings is 1. The summed E-state index contributed by atoms with van der Waals surface area (Å²) in [6.07, 6.45) is 4.92. The first-order chi connectivity index (χ1) is 12.7. The van der Waals surface area contributed by atoms with E-state index in [1.807, 2.05) is 18.2 Å². The smallest absolute Gasteiger partial charge is 0.255 e.